The second-order valence-electron chi connectivity index (χ2n) is 7.21. The van der Waals surface area contributed by atoms with Crippen molar-refractivity contribution < 1.29 is 14.7 Å². The molecule has 2 fully saturated rings. The van der Waals surface area contributed by atoms with E-state index >= 15 is 0 Å². The molecule has 0 radical (unpaired) electrons. The number of carboxylic acids is 1. The smallest absolute Gasteiger partial charge is 0.306 e. The highest BCUT2D eigenvalue weighted by molar-refractivity contribution is 5.81. The summed E-state index contributed by atoms with van der Waals surface area (Å²) in [5, 5.41) is 12.3. The van der Waals surface area contributed by atoms with E-state index in [2.05, 4.69) is 24.1 Å². The molecule has 2 N–H and O–H groups in total. The molecule has 4 unspecified atom stereocenters. The zero-order valence-electron chi connectivity index (χ0n) is 14.0. The van der Waals surface area contributed by atoms with Gasteiger partial charge < -0.3 is 10.4 Å². The predicted octanol–water partition coefficient (Wildman–Crippen LogP) is 2.11. The van der Waals surface area contributed by atoms with Crippen LogP contribution in [-0.4, -0.2) is 47.1 Å². The number of likely N-dealkylation sites (tertiary alicyclic amines) is 1. The first-order valence-electron chi connectivity index (χ1n) is 8.67. The maximum Gasteiger partial charge on any atom is 0.306 e. The van der Waals surface area contributed by atoms with Crippen LogP contribution in [0, 0.1) is 17.8 Å². The molecule has 1 heterocycles. The number of amides is 1. The summed E-state index contributed by atoms with van der Waals surface area (Å²) in [6.45, 7) is 7.83. The van der Waals surface area contributed by atoms with Crippen LogP contribution in [0.15, 0.2) is 0 Å². The molecular weight excluding hydrogens is 280 g/mol. The third-order valence-electron chi connectivity index (χ3n) is 5.84. The van der Waals surface area contributed by atoms with E-state index in [0.717, 1.165) is 6.42 Å². The summed E-state index contributed by atoms with van der Waals surface area (Å²) in [5.41, 5.74) is 0. The number of hydrogen-bond acceptors (Lipinski definition) is 3. The van der Waals surface area contributed by atoms with Crippen molar-refractivity contribution in [1.29, 1.82) is 0 Å². The second-order valence-corrected chi connectivity index (χ2v) is 7.21. The Morgan fingerprint density at radius 1 is 1.14 bits per heavy atom. The lowest BCUT2D eigenvalue weighted by Crippen LogP contribution is -2.53. The molecule has 5 heteroatoms. The number of rotatable bonds is 4. The van der Waals surface area contributed by atoms with Crippen molar-refractivity contribution in [2.75, 3.05) is 13.1 Å². The number of nitrogens with zero attached hydrogens (tertiary/aromatic N) is 1. The molecule has 0 aromatic rings. The van der Waals surface area contributed by atoms with Crippen molar-refractivity contribution in [3.8, 4) is 0 Å². The summed E-state index contributed by atoms with van der Waals surface area (Å²) < 4.78 is 0. The van der Waals surface area contributed by atoms with Crippen LogP contribution in [-0.2, 0) is 9.59 Å². The first kappa shape index (κ1) is 17.3. The summed E-state index contributed by atoms with van der Waals surface area (Å²) in [7, 11) is 0. The number of piperidine rings is 1. The first-order chi connectivity index (χ1) is 10.4. The number of aliphatic carboxylic acids is 1. The van der Waals surface area contributed by atoms with Gasteiger partial charge in [0.15, 0.2) is 0 Å². The molecule has 0 spiro atoms. The van der Waals surface area contributed by atoms with Crippen molar-refractivity contribution >= 4 is 11.9 Å². The highest BCUT2D eigenvalue weighted by Crippen LogP contribution is 2.29. The normalized spacial score (nSPS) is 32.4. The molecule has 126 valence electrons. The van der Waals surface area contributed by atoms with Gasteiger partial charge in [-0.1, -0.05) is 26.7 Å². The van der Waals surface area contributed by atoms with E-state index in [1.807, 2.05) is 6.92 Å². The molecule has 2 aliphatic rings. The maximum absolute atomic E-state index is 12.5. The van der Waals surface area contributed by atoms with Crippen LogP contribution in [0.3, 0.4) is 0 Å². The first-order valence-corrected chi connectivity index (χ1v) is 8.67. The van der Waals surface area contributed by atoms with Crippen LogP contribution in [0.1, 0.15) is 52.9 Å². The molecule has 0 aromatic heterocycles. The van der Waals surface area contributed by atoms with Gasteiger partial charge in [-0.05, 0) is 51.1 Å². The van der Waals surface area contributed by atoms with Crippen LogP contribution >= 0.6 is 0 Å². The van der Waals surface area contributed by atoms with Gasteiger partial charge in [0, 0.05) is 6.04 Å². The molecule has 2 rings (SSSR count). The van der Waals surface area contributed by atoms with Crippen LogP contribution in [0.4, 0.5) is 0 Å². The molecular formula is C17H30N2O3. The van der Waals surface area contributed by atoms with Crippen molar-refractivity contribution in [1.82, 2.24) is 10.2 Å². The molecule has 1 amide bonds. The second kappa shape index (κ2) is 7.44. The Balaban J connectivity index is 1.83. The minimum atomic E-state index is -0.707. The molecule has 1 aliphatic heterocycles. The Hall–Kier alpha value is -1.10. The molecule has 1 saturated carbocycles. The summed E-state index contributed by atoms with van der Waals surface area (Å²) >= 11 is 0. The largest absolute Gasteiger partial charge is 0.481 e. The lowest BCUT2D eigenvalue weighted by Gasteiger charge is -2.38. The molecule has 4 atom stereocenters. The van der Waals surface area contributed by atoms with E-state index in [1.165, 1.54) is 12.8 Å². The molecule has 1 saturated heterocycles. The van der Waals surface area contributed by atoms with Crippen molar-refractivity contribution in [3.63, 3.8) is 0 Å². The fourth-order valence-corrected chi connectivity index (χ4v) is 3.79. The minimum absolute atomic E-state index is 0.0970. The van der Waals surface area contributed by atoms with Gasteiger partial charge in [0.25, 0.3) is 0 Å². The summed E-state index contributed by atoms with van der Waals surface area (Å²) in [6.07, 6.45) is 4.80. The Bertz CT molecular complexity index is 405. The lowest BCUT2D eigenvalue weighted by atomic mass is 9.78. The molecule has 1 aliphatic carbocycles. The SMILES string of the molecule is CC1CCCC(NC(=O)C(C)N2CCC(C(=O)O)CC2)C1C. The van der Waals surface area contributed by atoms with E-state index in [9.17, 15) is 9.59 Å². The number of carbonyl (C=O) groups is 2. The van der Waals surface area contributed by atoms with Gasteiger partial charge in [-0.15, -0.1) is 0 Å². The van der Waals surface area contributed by atoms with Gasteiger partial charge in [-0.3, -0.25) is 14.5 Å². The van der Waals surface area contributed by atoms with Crippen LogP contribution in [0.5, 0.6) is 0 Å². The van der Waals surface area contributed by atoms with E-state index in [4.69, 9.17) is 5.11 Å². The van der Waals surface area contributed by atoms with E-state index in [-0.39, 0.29) is 23.9 Å². The quantitative estimate of drug-likeness (QED) is 0.834. The number of nitrogens with one attached hydrogen (secondary N) is 1. The predicted molar refractivity (Wildman–Crippen MR) is 85.5 cm³/mol. The van der Waals surface area contributed by atoms with E-state index < -0.39 is 5.97 Å². The summed E-state index contributed by atoms with van der Waals surface area (Å²) in [6, 6.07) is 0.120. The highest BCUT2D eigenvalue weighted by atomic mass is 16.4. The molecule has 5 nitrogen and oxygen atoms in total. The van der Waals surface area contributed by atoms with Gasteiger partial charge in [-0.25, -0.2) is 0 Å². The van der Waals surface area contributed by atoms with Crippen molar-refractivity contribution in [2.45, 2.75) is 65.0 Å². The molecule has 22 heavy (non-hydrogen) atoms. The van der Waals surface area contributed by atoms with Crippen LogP contribution in [0.25, 0.3) is 0 Å². The standard InChI is InChI=1S/C17H30N2O3/c1-11-5-4-6-15(12(11)2)18-16(20)13(3)19-9-7-14(8-10-19)17(21)22/h11-15H,4-10H2,1-3H3,(H,18,20)(H,21,22). The monoisotopic (exact) mass is 310 g/mol. The summed E-state index contributed by atoms with van der Waals surface area (Å²) in [4.78, 5) is 25.6. The number of carboxylic acid groups (broad SMARTS) is 1. The fourth-order valence-electron chi connectivity index (χ4n) is 3.79. The van der Waals surface area contributed by atoms with E-state index in [0.29, 0.717) is 37.8 Å². The molecule has 0 aromatic carbocycles. The third kappa shape index (κ3) is 4.00. The van der Waals surface area contributed by atoms with Gasteiger partial charge in [0.2, 0.25) is 5.91 Å². The maximum atomic E-state index is 12.5. The van der Waals surface area contributed by atoms with Crippen LogP contribution in [0.2, 0.25) is 0 Å². The van der Waals surface area contributed by atoms with Gasteiger partial charge in [0.1, 0.15) is 0 Å². The van der Waals surface area contributed by atoms with Gasteiger partial charge >= 0.3 is 5.97 Å². The fraction of sp³-hybridized carbons (Fsp3) is 0.882. The number of hydrogen-bond donors (Lipinski definition) is 2. The topological polar surface area (TPSA) is 69.6 Å². The third-order valence-corrected chi connectivity index (χ3v) is 5.84. The minimum Gasteiger partial charge on any atom is -0.481 e. The average molecular weight is 310 g/mol. The zero-order valence-corrected chi connectivity index (χ0v) is 14.0. The zero-order chi connectivity index (χ0) is 16.3. The van der Waals surface area contributed by atoms with Crippen LogP contribution < -0.4 is 5.32 Å². The lowest BCUT2D eigenvalue weighted by molar-refractivity contribution is -0.143. The number of carbonyl (C=O) groups excluding carboxylic acids is 1. The van der Waals surface area contributed by atoms with Gasteiger partial charge in [0.05, 0.1) is 12.0 Å². The average Bonchev–Trinajstić information content (AvgIpc) is 2.51. The Kier molecular flexibility index (Phi) is 5.84. The van der Waals surface area contributed by atoms with E-state index in [1.54, 1.807) is 0 Å². The Morgan fingerprint density at radius 2 is 1.77 bits per heavy atom. The Labute approximate surface area is 133 Å². The highest BCUT2D eigenvalue weighted by Gasteiger charge is 2.32. The van der Waals surface area contributed by atoms with Gasteiger partial charge in [-0.2, -0.15) is 0 Å². The Morgan fingerprint density at radius 3 is 2.36 bits per heavy atom. The molecule has 0 bridgehead atoms. The summed E-state index contributed by atoms with van der Waals surface area (Å²) in [5.74, 6) is 0.343. The van der Waals surface area contributed by atoms with Crippen molar-refractivity contribution in [3.05, 3.63) is 0 Å². The van der Waals surface area contributed by atoms with Crippen molar-refractivity contribution in [2.24, 2.45) is 17.8 Å².